The first-order valence-electron chi connectivity index (χ1n) is 19.5. The van der Waals surface area contributed by atoms with Gasteiger partial charge in [0.25, 0.3) is 0 Å². The first-order chi connectivity index (χ1) is 27.5. The van der Waals surface area contributed by atoms with Gasteiger partial charge in [0.15, 0.2) is 28.8 Å². The van der Waals surface area contributed by atoms with Crippen LogP contribution < -0.4 is 24.3 Å². The van der Waals surface area contributed by atoms with Crippen LogP contribution in [0.3, 0.4) is 0 Å². The number of H-pyrrole nitrogens is 1. The summed E-state index contributed by atoms with van der Waals surface area (Å²) in [6.45, 7) is 7.10. The second-order valence-electron chi connectivity index (χ2n) is 16.3. The summed E-state index contributed by atoms with van der Waals surface area (Å²) >= 11 is 1.59. The van der Waals surface area contributed by atoms with E-state index in [-0.39, 0.29) is 49.4 Å². The van der Waals surface area contributed by atoms with Gasteiger partial charge in [-0.05, 0) is 63.4 Å². The van der Waals surface area contributed by atoms with E-state index in [1.165, 1.54) is 6.92 Å². The Bertz CT molecular complexity index is 2440. The quantitative estimate of drug-likeness (QED) is 0.180. The number of hydrogen-bond acceptors (Lipinski definition) is 13. The number of thioether (sulfide) groups is 1. The number of ether oxygens (including phenoxy) is 5. The molecular formula is C43H45N5O8S. The number of nitrogens with one attached hydrogen (secondary N) is 2. The smallest absolute Gasteiger partial charge is 0.308 e. The number of aromatic hydroxyl groups is 1. The van der Waals surface area contributed by atoms with Crippen LogP contribution in [0.4, 0.5) is 0 Å². The number of phenolic OH excluding ortho intramolecular Hbond substituents is 1. The molecule has 1 aromatic heterocycles. The standard InChI is InChI=1S/C43H45N5O8S/c1-19-11-23-13-27-28(14-44)48-29-15-53-16-30(50)43(42-25(12-20(2)46-43)24-9-7-8-10-26(24)45-42)17-57-41(35(48)34(47(27)5)31(23)36(51)37(19)52-6)33-32(29)40-39(54-18-55-40)21(3)38(33)56-22(4)49/h7-11,20,27-29,34-35,41,45-46,51H,12-13,15-18H2,1-6H3/t20?,27-,28-,29+,34+,35?,41+,43-/m0/s1. The van der Waals surface area contributed by atoms with Gasteiger partial charge in [-0.3, -0.25) is 24.7 Å². The number of hydrogen-bond donors (Lipinski definition) is 3. The Morgan fingerprint density at radius 3 is 2.68 bits per heavy atom. The van der Waals surface area contributed by atoms with Crippen LogP contribution in [0, 0.1) is 25.2 Å². The third-order valence-electron chi connectivity index (χ3n) is 13.3. The molecule has 0 radical (unpaired) electrons. The van der Waals surface area contributed by atoms with Crippen molar-refractivity contribution >= 4 is 34.4 Å². The topological polar surface area (TPSA) is 159 Å². The molecule has 4 bridgehead atoms. The van der Waals surface area contributed by atoms with Crippen LogP contribution >= 0.6 is 11.8 Å². The number of ketones is 1. The largest absolute Gasteiger partial charge is 0.504 e. The molecule has 8 atom stereocenters. The van der Waals surface area contributed by atoms with E-state index < -0.39 is 40.9 Å². The zero-order valence-corrected chi connectivity index (χ0v) is 33.5. The van der Waals surface area contributed by atoms with Gasteiger partial charge in [0, 0.05) is 69.7 Å². The number of carbonyl (C=O) groups is 2. The lowest BCUT2D eigenvalue weighted by molar-refractivity contribution is -0.133. The Morgan fingerprint density at radius 1 is 1.12 bits per heavy atom. The molecule has 0 amide bonds. The zero-order valence-electron chi connectivity index (χ0n) is 32.7. The molecule has 57 heavy (non-hydrogen) atoms. The summed E-state index contributed by atoms with van der Waals surface area (Å²) in [5.41, 5.74) is 6.32. The van der Waals surface area contributed by atoms with Crippen LogP contribution in [-0.4, -0.2) is 95.7 Å². The molecule has 7 aliphatic rings. The van der Waals surface area contributed by atoms with E-state index in [1.54, 1.807) is 18.9 Å². The predicted octanol–water partition coefficient (Wildman–Crippen LogP) is 5.19. The number of piperazine rings is 1. The highest BCUT2D eigenvalue weighted by atomic mass is 32.2. The number of methoxy groups -OCH3 is 1. The minimum absolute atomic E-state index is 0.0242. The molecule has 2 unspecified atom stereocenters. The fourth-order valence-corrected chi connectivity index (χ4v) is 12.8. The molecule has 7 aliphatic heterocycles. The monoisotopic (exact) mass is 791 g/mol. The number of aromatic amines is 1. The van der Waals surface area contributed by atoms with E-state index in [1.807, 2.05) is 39.1 Å². The molecule has 296 valence electrons. The predicted molar refractivity (Wildman–Crippen MR) is 211 cm³/mol. The van der Waals surface area contributed by atoms with Gasteiger partial charge in [-0.1, -0.05) is 24.3 Å². The number of nitriles is 1. The molecule has 14 heteroatoms. The first kappa shape index (κ1) is 36.6. The van der Waals surface area contributed by atoms with Crippen molar-refractivity contribution in [1.82, 2.24) is 20.1 Å². The van der Waals surface area contributed by atoms with Gasteiger partial charge in [0.05, 0.1) is 37.1 Å². The number of Topliss-reactive ketones (excluding diaryl/α,β-unsaturated/α-hetero) is 1. The molecule has 3 N–H and O–H groups in total. The van der Waals surface area contributed by atoms with Crippen molar-refractivity contribution in [3.05, 3.63) is 75.0 Å². The molecular weight excluding hydrogens is 747 g/mol. The summed E-state index contributed by atoms with van der Waals surface area (Å²) in [5, 5.41) is 27.7. The normalized spacial score (nSPS) is 30.2. The number of para-hydroxylation sites is 1. The highest BCUT2D eigenvalue weighted by Gasteiger charge is 2.61. The van der Waals surface area contributed by atoms with Crippen LogP contribution in [0.2, 0.25) is 0 Å². The van der Waals surface area contributed by atoms with Crippen molar-refractivity contribution in [3.63, 3.8) is 0 Å². The minimum atomic E-state index is -1.18. The maximum absolute atomic E-state index is 15.0. The molecule has 3 aromatic carbocycles. The SMILES string of the molecule is COc1c(C)cc2c(c1O)[C@@H]1C3[C@@H]4SC[C@]5(NC(C)Cc6c5[nH]c5ccccc65)C(=O)COC[C@H](c5c6c(c(C)c(OC(C)=O)c54)OCO6)N3[C@@H](C#N)[C@H](C2)N1C. The Kier molecular flexibility index (Phi) is 8.41. The Morgan fingerprint density at radius 2 is 1.91 bits per heavy atom. The lowest BCUT2D eigenvalue weighted by Crippen LogP contribution is -2.69. The number of fused-ring (bicyclic) bond motifs is 12. The Balaban J connectivity index is 1.26. The first-order valence-corrected chi connectivity index (χ1v) is 20.6. The number of benzene rings is 3. The Hall–Kier alpha value is -4.78. The van der Waals surface area contributed by atoms with E-state index in [9.17, 15) is 20.0 Å². The summed E-state index contributed by atoms with van der Waals surface area (Å²) in [6.07, 6.45) is 1.26. The number of phenols is 1. The van der Waals surface area contributed by atoms with Crippen LogP contribution in [0.1, 0.15) is 75.8 Å². The number of likely N-dealkylation sites (N-methyl/N-ethyl adjacent to an activating group) is 1. The van der Waals surface area contributed by atoms with Crippen molar-refractivity contribution in [2.24, 2.45) is 0 Å². The van der Waals surface area contributed by atoms with E-state index in [0.717, 1.165) is 56.4 Å². The minimum Gasteiger partial charge on any atom is -0.504 e. The van der Waals surface area contributed by atoms with Gasteiger partial charge in [0.2, 0.25) is 6.79 Å². The summed E-state index contributed by atoms with van der Waals surface area (Å²) < 4.78 is 31.0. The van der Waals surface area contributed by atoms with Gasteiger partial charge in [-0.25, -0.2) is 0 Å². The maximum Gasteiger partial charge on any atom is 0.308 e. The average molecular weight is 792 g/mol. The highest BCUT2D eigenvalue weighted by molar-refractivity contribution is 7.99. The Labute approximate surface area is 334 Å². The van der Waals surface area contributed by atoms with E-state index in [2.05, 4.69) is 45.2 Å². The van der Waals surface area contributed by atoms with Gasteiger partial charge < -0.3 is 33.8 Å². The van der Waals surface area contributed by atoms with Crippen LogP contribution in [0.5, 0.6) is 28.7 Å². The number of aromatic nitrogens is 1. The number of esters is 1. The summed E-state index contributed by atoms with van der Waals surface area (Å²) in [7, 11) is 3.58. The van der Waals surface area contributed by atoms with E-state index in [0.29, 0.717) is 35.0 Å². The molecule has 0 aliphatic carbocycles. The van der Waals surface area contributed by atoms with Crippen molar-refractivity contribution < 1.29 is 38.4 Å². The molecule has 8 heterocycles. The molecule has 11 rings (SSSR count). The molecule has 0 saturated carbocycles. The summed E-state index contributed by atoms with van der Waals surface area (Å²) in [6, 6.07) is 10.4. The summed E-state index contributed by atoms with van der Waals surface area (Å²) in [5.74, 6) is 1.55. The molecule has 13 nitrogen and oxygen atoms in total. The fourth-order valence-electron chi connectivity index (χ4n) is 11.1. The van der Waals surface area contributed by atoms with Crippen LogP contribution in [0.15, 0.2) is 30.3 Å². The average Bonchev–Trinajstić information content (AvgIpc) is 3.81. The highest BCUT2D eigenvalue weighted by Crippen LogP contribution is 2.64. The summed E-state index contributed by atoms with van der Waals surface area (Å²) in [4.78, 5) is 36.2. The number of nitrogens with zero attached hydrogens (tertiary/aromatic N) is 3. The van der Waals surface area contributed by atoms with Gasteiger partial charge in [-0.15, -0.1) is 11.8 Å². The van der Waals surface area contributed by atoms with Crippen molar-refractivity contribution in [3.8, 4) is 34.8 Å². The van der Waals surface area contributed by atoms with E-state index >= 15 is 0 Å². The van der Waals surface area contributed by atoms with Crippen LogP contribution in [-0.2, 0) is 32.7 Å². The third kappa shape index (κ3) is 5.02. The molecule has 4 aromatic rings. The van der Waals surface area contributed by atoms with Gasteiger partial charge in [0.1, 0.15) is 23.9 Å². The zero-order chi connectivity index (χ0) is 39.7. The number of carbonyl (C=O) groups excluding carboxylic acids is 2. The van der Waals surface area contributed by atoms with Crippen LogP contribution in [0.25, 0.3) is 10.9 Å². The molecule has 2 saturated heterocycles. The maximum atomic E-state index is 15.0. The second-order valence-corrected chi connectivity index (χ2v) is 17.5. The van der Waals surface area contributed by atoms with Crippen molar-refractivity contribution in [2.45, 2.75) is 87.6 Å². The fraction of sp³-hybridized carbons (Fsp3) is 0.465. The molecule has 1 spiro atoms. The van der Waals surface area contributed by atoms with Crippen molar-refractivity contribution in [1.29, 1.82) is 5.26 Å². The lowest BCUT2D eigenvalue weighted by atomic mass is 9.71. The van der Waals surface area contributed by atoms with Gasteiger partial charge >= 0.3 is 5.97 Å². The second kappa shape index (κ2) is 13.1. The number of aryl methyl sites for hydroxylation is 1. The number of rotatable bonds is 2. The van der Waals surface area contributed by atoms with E-state index in [4.69, 9.17) is 23.7 Å². The van der Waals surface area contributed by atoms with Gasteiger partial charge in [-0.2, -0.15) is 5.26 Å². The lowest BCUT2D eigenvalue weighted by Gasteiger charge is -2.61. The van der Waals surface area contributed by atoms with Crippen molar-refractivity contribution in [2.75, 3.05) is 39.9 Å². The third-order valence-corrected chi connectivity index (χ3v) is 14.7. The molecule has 2 fully saturated rings.